The Morgan fingerprint density at radius 2 is 1.50 bits per heavy atom. The lowest BCUT2D eigenvalue weighted by atomic mass is 9.97. The van der Waals surface area contributed by atoms with E-state index >= 15 is 0 Å². The molecule has 0 heterocycles. The fraction of sp³-hybridized carbons (Fsp3) is 0.278. The summed E-state index contributed by atoms with van der Waals surface area (Å²) in [5.41, 5.74) is 8.29. The molecule has 2 rings (SSSR count). The van der Waals surface area contributed by atoms with Crippen molar-refractivity contribution in [3.8, 4) is 0 Å². The molecule has 4 heteroatoms. The molecule has 2 aromatic carbocycles. The van der Waals surface area contributed by atoms with Gasteiger partial charge in [0.2, 0.25) is 5.91 Å². The molecule has 0 aliphatic rings. The molecule has 0 fully saturated rings. The lowest BCUT2D eigenvalue weighted by molar-refractivity contribution is -0.121. The molecular formula is C18H23ClN2O. The zero-order valence-corrected chi connectivity index (χ0v) is 13.6. The molecule has 0 aliphatic heterocycles. The Kier molecular flexibility index (Phi) is 7.64. The Morgan fingerprint density at radius 1 is 1.00 bits per heavy atom. The van der Waals surface area contributed by atoms with Crippen LogP contribution in [0.15, 0.2) is 60.7 Å². The van der Waals surface area contributed by atoms with Crippen LogP contribution in [0.3, 0.4) is 0 Å². The van der Waals surface area contributed by atoms with Crippen molar-refractivity contribution in [3.63, 3.8) is 0 Å². The van der Waals surface area contributed by atoms with E-state index in [4.69, 9.17) is 5.73 Å². The van der Waals surface area contributed by atoms with Crippen molar-refractivity contribution < 1.29 is 4.79 Å². The summed E-state index contributed by atoms with van der Waals surface area (Å²) in [6.07, 6.45) is 0.478. The van der Waals surface area contributed by atoms with E-state index in [1.165, 1.54) is 5.56 Å². The first-order valence-electron chi connectivity index (χ1n) is 7.29. The van der Waals surface area contributed by atoms with Gasteiger partial charge in [0.15, 0.2) is 0 Å². The lowest BCUT2D eigenvalue weighted by Gasteiger charge is -2.15. The summed E-state index contributed by atoms with van der Waals surface area (Å²) in [6, 6.07) is 19.7. The van der Waals surface area contributed by atoms with E-state index in [9.17, 15) is 4.79 Å². The Labute approximate surface area is 138 Å². The SMILES string of the molecule is CC(CC(=O)NCC(N)c1ccccc1)c1ccccc1.Cl. The fourth-order valence-corrected chi connectivity index (χ4v) is 2.29. The van der Waals surface area contributed by atoms with Gasteiger partial charge in [-0.3, -0.25) is 4.79 Å². The number of nitrogens with two attached hydrogens (primary N) is 1. The number of halogens is 1. The van der Waals surface area contributed by atoms with Crippen molar-refractivity contribution in [3.05, 3.63) is 71.8 Å². The topological polar surface area (TPSA) is 55.1 Å². The number of rotatable bonds is 6. The first-order chi connectivity index (χ1) is 10.2. The molecule has 0 bridgehead atoms. The second-order valence-corrected chi connectivity index (χ2v) is 5.34. The summed E-state index contributed by atoms with van der Waals surface area (Å²) in [5.74, 6) is 0.247. The van der Waals surface area contributed by atoms with Gasteiger partial charge in [-0.25, -0.2) is 0 Å². The highest BCUT2D eigenvalue weighted by Gasteiger charge is 2.12. The molecule has 0 aromatic heterocycles. The van der Waals surface area contributed by atoms with Crippen LogP contribution in [-0.2, 0) is 4.79 Å². The number of hydrogen-bond donors (Lipinski definition) is 2. The van der Waals surface area contributed by atoms with Crippen molar-refractivity contribution in [2.75, 3.05) is 6.54 Å². The van der Waals surface area contributed by atoms with E-state index in [0.29, 0.717) is 13.0 Å². The predicted molar refractivity (Wildman–Crippen MR) is 93.1 cm³/mol. The highest BCUT2D eigenvalue weighted by atomic mass is 35.5. The minimum Gasteiger partial charge on any atom is -0.354 e. The molecule has 2 unspecified atom stereocenters. The van der Waals surface area contributed by atoms with Gasteiger partial charge in [0.05, 0.1) is 0 Å². The maximum Gasteiger partial charge on any atom is 0.220 e. The van der Waals surface area contributed by atoms with E-state index in [2.05, 4.69) is 12.2 Å². The number of carbonyl (C=O) groups is 1. The van der Waals surface area contributed by atoms with E-state index in [1.807, 2.05) is 60.7 Å². The largest absolute Gasteiger partial charge is 0.354 e. The van der Waals surface area contributed by atoms with E-state index < -0.39 is 0 Å². The third kappa shape index (κ3) is 5.51. The van der Waals surface area contributed by atoms with Crippen LogP contribution in [0.5, 0.6) is 0 Å². The molecule has 118 valence electrons. The third-order valence-electron chi connectivity index (χ3n) is 3.61. The molecule has 2 atom stereocenters. The zero-order valence-electron chi connectivity index (χ0n) is 12.7. The van der Waals surface area contributed by atoms with Crippen LogP contribution in [-0.4, -0.2) is 12.5 Å². The first-order valence-corrected chi connectivity index (χ1v) is 7.29. The molecule has 22 heavy (non-hydrogen) atoms. The van der Waals surface area contributed by atoms with Crippen molar-refractivity contribution in [2.45, 2.75) is 25.3 Å². The van der Waals surface area contributed by atoms with Gasteiger partial charge < -0.3 is 11.1 Å². The van der Waals surface area contributed by atoms with Crippen LogP contribution in [0.4, 0.5) is 0 Å². The Bertz CT molecular complexity index is 560. The second kappa shape index (κ2) is 9.23. The minimum absolute atomic E-state index is 0. The highest BCUT2D eigenvalue weighted by Crippen LogP contribution is 2.18. The number of benzene rings is 2. The van der Waals surface area contributed by atoms with E-state index in [0.717, 1.165) is 5.56 Å². The van der Waals surface area contributed by atoms with Crippen LogP contribution in [0, 0.1) is 0 Å². The van der Waals surface area contributed by atoms with Crippen LogP contribution >= 0.6 is 12.4 Å². The van der Waals surface area contributed by atoms with Gasteiger partial charge in [0, 0.05) is 19.0 Å². The average molecular weight is 319 g/mol. The van der Waals surface area contributed by atoms with Crippen LogP contribution in [0.2, 0.25) is 0 Å². The van der Waals surface area contributed by atoms with Gasteiger partial charge >= 0.3 is 0 Å². The summed E-state index contributed by atoms with van der Waals surface area (Å²) >= 11 is 0. The van der Waals surface area contributed by atoms with Gasteiger partial charge in [-0.15, -0.1) is 12.4 Å². The van der Waals surface area contributed by atoms with Gasteiger partial charge in [0.1, 0.15) is 0 Å². The molecule has 1 amide bonds. The minimum atomic E-state index is -0.165. The summed E-state index contributed by atoms with van der Waals surface area (Å²) in [7, 11) is 0. The third-order valence-corrected chi connectivity index (χ3v) is 3.61. The maximum absolute atomic E-state index is 12.0. The predicted octanol–water partition coefficient (Wildman–Crippen LogP) is 3.42. The Hall–Kier alpha value is -1.84. The van der Waals surface area contributed by atoms with Crippen LogP contribution in [0.1, 0.15) is 36.4 Å². The molecule has 0 radical (unpaired) electrons. The Morgan fingerprint density at radius 3 is 2.05 bits per heavy atom. The summed E-state index contributed by atoms with van der Waals surface area (Å²) in [5, 5.41) is 2.92. The standard InChI is InChI=1S/C18H22N2O.ClH/c1-14(15-8-4-2-5-9-15)12-18(21)20-13-17(19)16-10-6-3-7-11-16;/h2-11,14,17H,12-13,19H2,1H3,(H,20,21);1H. The van der Waals surface area contributed by atoms with Gasteiger partial charge in [0.25, 0.3) is 0 Å². The van der Waals surface area contributed by atoms with E-state index in [1.54, 1.807) is 0 Å². The summed E-state index contributed by atoms with van der Waals surface area (Å²) in [6.45, 7) is 2.52. The van der Waals surface area contributed by atoms with E-state index in [-0.39, 0.29) is 30.3 Å². The van der Waals surface area contributed by atoms with Crippen molar-refractivity contribution in [1.82, 2.24) is 5.32 Å². The highest BCUT2D eigenvalue weighted by molar-refractivity contribution is 5.85. The van der Waals surface area contributed by atoms with Gasteiger partial charge in [-0.2, -0.15) is 0 Å². The number of carbonyl (C=O) groups excluding carboxylic acids is 1. The summed E-state index contributed by atoms with van der Waals surface area (Å²) in [4.78, 5) is 12.0. The number of hydrogen-bond acceptors (Lipinski definition) is 2. The quantitative estimate of drug-likeness (QED) is 0.857. The maximum atomic E-state index is 12.0. The molecule has 3 N–H and O–H groups in total. The zero-order chi connectivity index (χ0) is 15.1. The molecule has 0 spiro atoms. The summed E-state index contributed by atoms with van der Waals surface area (Å²) < 4.78 is 0. The molecule has 0 aliphatic carbocycles. The van der Waals surface area contributed by atoms with Crippen LogP contribution in [0.25, 0.3) is 0 Å². The average Bonchev–Trinajstić information content (AvgIpc) is 2.54. The number of amides is 1. The molecule has 3 nitrogen and oxygen atoms in total. The number of nitrogens with one attached hydrogen (secondary N) is 1. The molecule has 2 aromatic rings. The molecular weight excluding hydrogens is 296 g/mol. The van der Waals surface area contributed by atoms with Gasteiger partial charge in [-0.05, 0) is 17.0 Å². The smallest absolute Gasteiger partial charge is 0.220 e. The van der Waals surface area contributed by atoms with Crippen molar-refractivity contribution in [2.24, 2.45) is 5.73 Å². The van der Waals surface area contributed by atoms with Crippen molar-refractivity contribution in [1.29, 1.82) is 0 Å². The first kappa shape index (κ1) is 18.2. The molecule has 0 saturated carbocycles. The van der Waals surface area contributed by atoms with Crippen molar-refractivity contribution >= 4 is 18.3 Å². The molecule has 0 saturated heterocycles. The Balaban J connectivity index is 0.00000242. The lowest BCUT2D eigenvalue weighted by Crippen LogP contribution is -2.32. The van der Waals surface area contributed by atoms with Gasteiger partial charge in [-0.1, -0.05) is 67.6 Å². The second-order valence-electron chi connectivity index (χ2n) is 5.34. The normalized spacial score (nSPS) is 12.8. The fourth-order valence-electron chi connectivity index (χ4n) is 2.29. The monoisotopic (exact) mass is 318 g/mol. The van der Waals surface area contributed by atoms with Crippen LogP contribution < -0.4 is 11.1 Å².